The van der Waals surface area contributed by atoms with Crippen molar-refractivity contribution < 1.29 is 29.3 Å². The molecule has 3 aliphatic heterocycles. The molecule has 8 heteroatoms. The number of nitrogens with zero attached hydrogens (tertiary/aromatic N) is 2. The Hall–Kier alpha value is -1.93. The predicted octanol–water partition coefficient (Wildman–Crippen LogP) is 0.641. The lowest BCUT2D eigenvalue weighted by Gasteiger charge is -2.38. The number of aliphatic hydroxyl groups excluding tert-OH is 1. The van der Waals surface area contributed by atoms with E-state index in [0.717, 1.165) is 0 Å². The van der Waals surface area contributed by atoms with E-state index in [4.69, 9.17) is 9.84 Å². The molecule has 3 heterocycles. The fourth-order valence-corrected chi connectivity index (χ4v) is 5.20. The lowest BCUT2D eigenvalue weighted by Crippen LogP contribution is -2.57. The molecular weight excluding hydrogens is 364 g/mol. The van der Waals surface area contributed by atoms with Crippen LogP contribution in [0.2, 0.25) is 0 Å². The summed E-state index contributed by atoms with van der Waals surface area (Å²) < 4.78 is 6.14. The number of unbranched alkanes of at least 4 members (excludes halogenated alkanes) is 1. The topological polar surface area (TPSA) is 107 Å². The zero-order chi connectivity index (χ0) is 20.6. The van der Waals surface area contributed by atoms with Crippen LogP contribution in [0.15, 0.2) is 12.7 Å². The average molecular weight is 394 g/mol. The second-order valence-corrected chi connectivity index (χ2v) is 8.23. The monoisotopic (exact) mass is 394 g/mol. The molecular formula is C20H30N2O6. The van der Waals surface area contributed by atoms with Crippen molar-refractivity contribution in [1.29, 1.82) is 0 Å². The van der Waals surface area contributed by atoms with Gasteiger partial charge in [-0.05, 0) is 39.5 Å². The van der Waals surface area contributed by atoms with Crippen molar-refractivity contribution in [2.24, 2.45) is 11.8 Å². The van der Waals surface area contributed by atoms with E-state index in [2.05, 4.69) is 6.58 Å². The van der Waals surface area contributed by atoms with Gasteiger partial charge < -0.3 is 24.7 Å². The highest BCUT2D eigenvalue weighted by Crippen LogP contribution is 2.58. The number of aliphatic carboxylic acids is 1. The fourth-order valence-electron chi connectivity index (χ4n) is 5.20. The van der Waals surface area contributed by atoms with Crippen LogP contribution in [-0.4, -0.2) is 81.3 Å². The van der Waals surface area contributed by atoms with Crippen LogP contribution in [0.1, 0.15) is 39.5 Å². The number of carboxylic acids is 1. The Morgan fingerprint density at radius 3 is 2.71 bits per heavy atom. The van der Waals surface area contributed by atoms with Crippen LogP contribution in [0.25, 0.3) is 0 Å². The molecule has 8 nitrogen and oxygen atoms in total. The molecule has 3 saturated heterocycles. The van der Waals surface area contributed by atoms with Crippen LogP contribution < -0.4 is 0 Å². The Morgan fingerprint density at radius 1 is 1.43 bits per heavy atom. The van der Waals surface area contributed by atoms with Crippen molar-refractivity contribution in [3.05, 3.63) is 12.7 Å². The number of aliphatic hydroxyl groups is 1. The molecule has 0 unspecified atom stereocenters. The Bertz CT molecular complexity index is 665. The zero-order valence-electron chi connectivity index (χ0n) is 16.5. The first-order valence-corrected chi connectivity index (χ1v) is 10.0. The van der Waals surface area contributed by atoms with Crippen molar-refractivity contribution >= 4 is 17.8 Å². The number of hydrogen-bond acceptors (Lipinski definition) is 5. The third-order valence-electron chi connectivity index (χ3n) is 6.36. The van der Waals surface area contributed by atoms with Gasteiger partial charge in [-0.1, -0.05) is 6.08 Å². The number of hydrogen-bond donors (Lipinski definition) is 2. The smallest absolute Gasteiger partial charge is 0.310 e. The maximum atomic E-state index is 13.6. The molecule has 0 saturated carbocycles. The molecule has 0 radical (unpaired) electrons. The lowest BCUT2D eigenvalue weighted by atomic mass is 9.70. The van der Waals surface area contributed by atoms with E-state index in [1.54, 1.807) is 11.0 Å². The largest absolute Gasteiger partial charge is 0.481 e. The van der Waals surface area contributed by atoms with Gasteiger partial charge in [0, 0.05) is 25.7 Å². The van der Waals surface area contributed by atoms with E-state index < -0.39 is 35.6 Å². The van der Waals surface area contributed by atoms with Crippen LogP contribution in [0.3, 0.4) is 0 Å². The van der Waals surface area contributed by atoms with Gasteiger partial charge in [0.05, 0.1) is 17.9 Å². The molecule has 0 aromatic heterocycles. The van der Waals surface area contributed by atoms with Crippen LogP contribution in [0.4, 0.5) is 0 Å². The van der Waals surface area contributed by atoms with E-state index in [-0.39, 0.29) is 24.5 Å². The highest BCUT2D eigenvalue weighted by molar-refractivity contribution is 5.98. The number of amides is 2. The maximum absolute atomic E-state index is 13.6. The molecule has 3 aliphatic rings. The summed E-state index contributed by atoms with van der Waals surface area (Å²) in [5.41, 5.74) is -1.07. The fraction of sp³-hybridized carbons (Fsp3) is 0.750. The third kappa shape index (κ3) is 3.03. The Morgan fingerprint density at radius 2 is 2.14 bits per heavy atom. The Balaban J connectivity index is 2.00. The molecule has 2 N–H and O–H groups in total. The van der Waals surface area contributed by atoms with E-state index >= 15 is 0 Å². The van der Waals surface area contributed by atoms with Gasteiger partial charge in [0.15, 0.2) is 0 Å². The summed E-state index contributed by atoms with van der Waals surface area (Å²) in [5.74, 6) is -3.31. The molecule has 0 aromatic rings. The van der Waals surface area contributed by atoms with Crippen LogP contribution in [0.5, 0.6) is 0 Å². The van der Waals surface area contributed by atoms with Crippen LogP contribution >= 0.6 is 0 Å². The van der Waals surface area contributed by atoms with Gasteiger partial charge >= 0.3 is 5.97 Å². The summed E-state index contributed by atoms with van der Waals surface area (Å²) in [4.78, 5) is 41.9. The first kappa shape index (κ1) is 20.8. The molecule has 1 spiro atoms. The van der Waals surface area contributed by atoms with Crippen LogP contribution in [-0.2, 0) is 19.1 Å². The summed E-state index contributed by atoms with van der Waals surface area (Å²) >= 11 is 0. The van der Waals surface area contributed by atoms with Gasteiger partial charge in [0.25, 0.3) is 0 Å². The van der Waals surface area contributed by atoms with E-state index in [1.165, 1.54) is 4.90 Å². The SMILES string of the molecule is C=CCN(C(=O)[C@H]1N(CCCCO)C(=O)[C@@H]2[C@@H](C(=O)O)[C@H]3CC[C@]21O3)C(C)C. The summed E-state index contributed by atoms with van der Waals surface area (Å²) in [6, 6.07) is -0.926. The van der Waals surface area contributed by atoms with Gasteiger partial charge in [0.2, 0.25) is 11.8 Å². The van der Waals surface area contributed by atoms with E-state index in [0.29, 0.717) is 38.8 Å². The van der Waals surface area contributed by atoms with Crippen molar-refractivity contribution in [1.82, 2.24) is 9.80 Å². The summed E-state index contributed by atoms with van der Waals surface area (Å²) in [6.45, 7) is 8.17. The zero-order valence-corrected chi connectivity index (χ0v) is 16.5. The van der Waals surface area contributed by atoms with E-state index in [9.17, 15) is 19.5 Å². The predicted molar refractivity (Wildman–Crippen MR) is 100 cm³/mol. The van der Waals surface area contributed by atoms with Crippen LogP contribution in [0, 0.1) is 11.8 Å². The normalized spacial score (nSPS) is 33.4. The first-order chi connectivity index (χ1) is 13.3. The Labute approximate surface area is 165 Å². The average Bonchev–Trinajstić information content (AvgIpc) is 3.27. The van der Waals surface area contributed by atoms with Crippen molar-refractivity contribution in [2.75, 3.05) is 19.7 Å². The number of carbonyl (C=O) groups is 3. The molecule has 2 amide bonds. The highest BCUT2D eigenvalue weighted by atomic mass is 16.5. The minimum Gasteiger partial charge on any atom is -0.481 e. The summed E-state index contributed by atoms with van der Waals surface area (Å²) in [5, 5.41) is 18.8. The number of ether oxygens (including phenoxy) is 1. The van der Waals surface area contributed by atoms with Crippen molar-refractivity contribution in [2.45, 2.75) is 63.3 Å². The number of carboxylic acid groups (broad SMARTS) is 1. The minimum absolute atomic E-state index is 0.000122. The van der Waals surface area contributed by atoms with Gasteiger partial charge in [0.1, 0.15) is 11.6 Å². The lowest BCUT2D eigenvalue weighted by molar-refractivity contribution is -0.151. The molecule has 0 aromatic carbocycles. The maximum Gasteiger partial charge on any atom is 0.310 e. The minimum atomic E-state index is -1.07. The van der Waals surface area contributed by atoms with Gasteiger partial charge in [-0.15, -0.1) is 6.58 Å². The highest BCUT2D eigenvalue weighted by Gasteiger charge is 2.74. The second kappa shape index (κ2) is 7.83. The summed E-state index contributed by atoms with van der Waals surface area (Å²) in [7, 11) is 0. The number of rotatable bonds is 9. The van der Waals surface area contributed by atoms with Crippen molar-refractivity contribution in [3.8, 4) is 0 Å². The molecule has 156 valence electrons. The molecule has 3 fully saturated rings. The number of fused-ring (bicyclic) bond motifs is 1. The molecule has 2 bridgehead atoms. The standard InChI is InChI=1S/C20H30N2O6/c1-4-9-21(12(2)3)18(25)16-20-8-7-13(28-20)14(19(26)27)15(20)17(24)22(16)10-5-6-11-23/h4,12-16,23H,1,5-11H2,2-3H3,(H,26,27)/t13-,14+,15+,16-,20+/m1/s1. The molecule has 28 heavy (non-hydrogen) atoms. The first-order valence-electron chi connectivity index (χ1n) is 10.0. The Kier molecular flexibility index (Phi) is 5.82. The van der Waals surface area contributed by atoms with Gasteiger partial charge in [-0.2, -0.15) is 0 Å². The quantitative estimate of drug-likeness (QED) is 0.439. The third-order valence-corrected chi connectivity index (χ3v) is 6.36. The number of carbonyl (C=O) groups excluding carboxylic acids is 2. The van der Waals surface area contributed by atoms with Crippen molar-refractivity contribution in [3.63, 3.8) is 0 Å². The van der Waals surface area contributed by atoms with E-state index in [1.807, 2.05) is 13.8 Å². The molecule has 3 rings (SSSR count). The van der Waals surface area contributed by atoms with Gasteiger partial charge in [-0.25, -0.2) is 0 Å². The number of likely N-dealkylation sites (tertiary alicyclic amines) is 1. The van der Waals surface area contributed by atoms with Gasteiger partial charge in [-0.3, -0.25) is 14.4 Å². The second-order valence-electron chi connectivity index (χ2n) is 8.23. The summed E-state index contributed by atoms with van der Waals surface area (Å²) in [6.07, 6.45) is 3.22. The molecule has 5 atom stereocenters. The molecule has 0 aliphatic carbocycles.